The lowest BCUT2D eigenvalue weighted by Crippen LogP contribution is -2.60. The lowest BCUT2D eigenvalue weighted by atomic mass is 9.99. The van der Waals surface area contributed by atoms with Crippen LogP contribution in [0.4, 0.5) is 39.5 Å². The van der Waals surface area contributed by atoms with Gasteiger partial charge in [0.15, 0.2) is 11.6 Å². The number of alkyl halides is 9. The smallest absolute Gasteiger partial charge is 0.460 e. The third-order valence-corrected chi connectivity index (χ3v) is 5.54. The molecule has 0 saturated carbocycles. The molecule has 0 aliphatic rings. The van der Waals surface area contributed by atoms with Gasteiger partial charge in [0.2, 0.25) is 0 Å². The predicted molar refractivity (Wildman–Crippen MR) is 126 cm³/mol. The van der Waals surface area contributed by atoms with Gasteiger partial charge in [0.25, 0.3) is 0 Å². The third-order valence-electron chi connectivity index (χ3n) is 5.54. The molecule has 13 heteroatoms. The summed E-state index contributed by atoms with van der Waals surface area (Å²) in [7, 11) is 0. The summed E-state index contributed by atoms with van der Waals surface area (Å²) in [6.07, 6.45) is 0.993. The van der Waals surface area contributed by atoms with Crippen molar-refractivity contribution in [3.8, 4) is 22.9 Å². The molecule has 0 radical (unpaired) electrons. The molecule has 2 rings (SSSR count). The van der Waals surface area contributed by atoms with Crippen molar-refractivity contribution in [3.05, 3.63) is 48.8 Å². The SMILES string of the molecule is CCC=CCCCCOc1ccc(-c2ncc(OCCCCC(F)(F)C(F)(F)C(F)(F)C(F)(F)F)cn2)cc1. The predicted octanol–water partition coefficient (Wildman–Crippen LogP) is 8.68. The Balaban J connectivity index is 1.77. The maximum absolute atomic E-state index is 13.5. The summed E-state index contributed by atoms with van der Waals surface area (Å²) in [4.78, 5) is 8.24. The van der Waals surface area contributed by atoms with Crippen molar-refractivity contribution in [2.45, 2.75) is 75.8 Å². The molecule has 218 valence electrons. The van der Waals surface area contributed by atoms with Gasteiger partial charge in [-0.25, -0.2) is 9.97 Å². The first-order valence-electron chi connectivity index (χ1n) is 12.3. The van der Waals surface area contributed by atoms with E-state index >= 15 is 0 Å². The minimum atomic E-state index is -6.88. The van der Waals surface area contributed by atoms with E-state index in [-0.39, 0.29) is 18.8 Å². The molecule has 0 aliphatic carbocycles. The van der Waals surface area contributed by atoms with Crippen LogP contribution >= 0.6 is 0 Å². The molecule has 0 aliphatic heterocycles. The quantitative estimate of drug-likeness (QED) is 0.115. The maximum atomic E-state index is 13.5. The monoisotopic (exact) mass is 572 g/mol. The molecule has 0 N–H and O–H groups in total. The maximum Gasteiger partial charge on any atom is 0.460 e. The van der Waals surface area contributed by atoms with Gasteiger partial charge in [0, 0.05) is 12.0 Å². The van der Waals surface area contributed by atoms with Crippen LogP contribution in [0.1, 0.15) is 51.9 Å². The van der Waals surface area contributed by atoms with Gasteiger partial charge in [-0.2, -0.15) is 39.5 Å². The third kappa shape index (κ3) is 8.76. The zero-order valence-electron chi connectivity index (χ0n) is 21.1. The summed E-state index contributed by atoms with van der Waals surface area (Å²) in [6.45, 7) is 2.36. The number of halogens is 9. The number of ether oxygens (including phenoxy) is 2. The van der Waals surface area contributed by atoms with E-state index in [9.17, 15) is 39.5 Å². The second-order valence-electron chi connectivity index (χ2n) is 8.65. The van der Waals surface area contributed by atoms with Crippen molar-refractivity contribution in [2.75, 3.05) is 13.2 Å². The highest BCUT2D eigenvalue weighted by atomic mass is 19.4. The molecule has 1 aromatic carbocycles. The van der Waals surface area contributed by atoms with Crippen molar-refractivity contribution in [1.82, 2.24) is 9.97 Å². The standard InChI is InChI=1S/C26H29F9N2O2/c1-2-3-4-5-6-8-15-38-20-12-10-19(11-13-20)22-36-17-21(18-37-22)39-16-9-7-14-23(27,28)24(29,30)25(31,32)26(33,34)35/h3-4,10-13,17-18H,2,5-9,14-16H2,1H3. The normalized spacial score (nSPS) is 13.2. The highest BCUT2D eigenvalue weighted by Crippen LogP contribution is 2.54. The Hall–Kier alpha value is -2.99. The van der Waals surface area contributed by atoms with Crippen molar-refractivity contribution < 1.29 is 49.0 Å². The van der Waals surface area contributed by atoms with Crippen LogP contribution in [-0.2, 0) is 0 Å². The van der Waals surface area contributed by atoms with Gasteiger partial charge in [-0.3, -0.25) is 0 Å². The number of unbranched alkanes of at least 4 members (excludes halogenated alkanes) is 3. The van der Waals surface area contributed by atoms with Crippen molar-refractivity contribution >= 4 is 0 Å². The molecule has 0 bridgehead atoms. The Labute approximate surface area is 220 Å². The van der Waals surface area contributed by atoms with Gasteiger partial charge in [0.05, 0.1) is 25.6 Å². The number of aromatic nitrogens is 2. The molecule has 0 spiro atoms. The average molecular weight is 573 g/mol. The minimum absolute atomic E-state index is 0.119. The van der Waals surface area contributed by atoms with Gasteiger partial charge in [-0.05, 0) is 62.8 Å². The first kappa shape index (κ1) is 32.2. The fourth-order valence-corrected chi connectivity index (χ4v) is 3.28. The first-order valence-corrected chi connectivity index (χ1v) is 12.3. The molecule has 0 atom stereocenters. The van der Waals surface area contributed by atoms with Crippen molar-refractivity contribution in [3.63, 3.8) is 0 Å². The molecule has 0 fully saturated rings. The van der Waals surface area contributed by atoms with Crippen LogP contribution in [0.15, 0.2) is 48.8 Å². The second-order valence-corrected chi connectivity index (χ2v) is 8.65. The zero-order chi connectivity index (χ0) is 29.2. The average Bonchev–Trinajstić information content (AvgIpc) is 2.88. The minimum Gasteiger partial charge on any atom is -0.494 e. The van der Waals surface area contributed by atoms with Crippen LogP contribution in [0, 0.1) is 0 Å². The van der Waals surface area contributed by atoms with E-state index in [0.717, 1.165) is 25.7 Å². The van der Waals surface area contributed by atoms with Gasteiger partial charge >= 0.3 is 23.9 Å². The summed E-state index contributed by atoms with van der Waals surface area (Å²) >= 11 is 0. The Morgan fingerprint density at radius 2 is 1.26 bits per heavy atom. The van der Waals surface area contributed by atoms with Gasteiger partial charge < -0.3 is 9.47 Å². The Morgan fingerprint density at radius 3 is 1.82 bits per heavy atom. The fourth-order valence-electron chi connectivity index (χ4n) is 3.28. The Bertz CT molecular complexity index is 1030. The van der Waals surface area contributed by atoms with Crippen LogP contribution in [0.25, 0.3) is 11.4 Å². The van der Waals surface area contributed by atoms with E-state index < -0.39 is 36.8 Å². The highest BCUT2D eigenvalue weighted by molar-refractivity contribution is 5.56. The molecular weight excluding hydrogens is 543 g/mol. The summed E-state index contributed by atoms with van der Waals surface area (Å²) in [5, 5.41) is 0. The second kappa shape index (κ2) is 13.9. The number of allylic oxidation sites excluding steroid dienone is 2. The van der Waals surface area contributed by atoms with Gasteiger partial charge in [-0.1, -0.05) is 19.1 Å². The first-order chi connectivity index (χ1) is 18.2. The van der Waals surface area contributed by atoms with Crippen LogP contribution in [0.2, 0.25) is 0 Å². The van der Waals surface area contributed by atoms with Crippen LogP contribution in [-0.4, -0.2) is 47.1 Å². The fraction of sp³-hybridized carbons (Fsp3) is 0.538. The van der Waals surface area contributed by atoms with Gasteiger partial charge in [-0.15, -0.1) is 0 Å². The molecule has 1 aromatic heterocycles. The number of hydrogen-bond acceptors (Lipinski definition) is 4. The number of rotatable bonds is 16. The molecule has 1 heterocycles. The van der Waals surface area contributed by atoms with Crippen molar-refractivity contribution in [1.29, 1.82) is 0 Å². The summed E-state index contributed by atoms with van der Waals surface area (Å²) in [6, 6.07) is 7.05. The van der Waals surface area contributed by atoms with Crippen molar-refractivity contribution in [2.24, 2.45) is 0 Å². The zero-order valence-corrected chi connectivity index (χ0v) is 21.1. The number of hydrogen-bond donors (Lipinski definition) is 0. The van der Waals surface area contributed by atoms with E-state index in [1.54, 1.807) is 24.3 Å². The molecule has 0 amide bonds. The molecule has 2 aromatic rings. The summed E-state index contributed by atoms with van der Waals surface area (Å²) < 4.78 is 127. The van der Waals surface area contributed by atoms with E-state index in [1.807, 2.05) is 0 Å². The largest absolute Gasteiger partial charge is 0.494 e. The Morgan fingerprint density at radius 1 is 0.692 bits per heavy atom. The molecule has 4 nitrogen and oxygen atoms in total. The molecule has 0 saturated heterocycles. The Kier molecular flexibility index (Phi) is 11.5. The van der Waals surface area contributed by atoms with E-state index in [0.29, 0.717) is 23.7 Å². The number of nitrogens with zero attached hydrogens (tertiary/aromatic N) is 2. The van der Waals surface area contributed by atoms with Crippen LogP contribution < -0.4 is 9.47 Å². The van der Waals surface area contributed by atoms with E-state index in [2.05, 4.69) is 29.0 Å². The molecule has 39 heavy (non-hydrogen) atoms. The summed E-state index contributed by atoms with van der Waals surface area (Å²) in [5.74, 6) is -17.9. The van der Waals surface area contributed by atoms with E-state index in [1.165, 1.54) is 12.4 Å². The lowest BCUT2D eigenvalue weighted by molar-refractivity contribution is -0.396. The van der Waals surface area contributed by atoms with Crippen LogP contribution in [0.5, 0.6) is 11.5 Å². The highest BCUT2D eigenvalue weighted by Gasteiger charge is 2.81. The molecular formula is C26H29F9N2O2. The number of benzene rings is 1. The molecule has 0 unspecified atom stereocenters. The van der Waals surface area contributed by atoms with Crippen LogP contribution in [0.3, 0.4) is 0 Å². The van der Waals surface area contributed by atoms with E-state index in [4.69, 9.17) is 9.47 Å². The topological polar surface area (TPSA) is 44.2 Å². The lowest BCUT2D eigenvalue weighted by Gasteiger charge is -2.33. The van der Waals surface area contributed by atoms with Gasteiger partial charge in [0.1, 0.15) is 5.75 Å². The summed E-state index contributed by atoms with van der Waals surface area (Å²) in [5.41, 5.74) is 0.678.